The van der Waals surface area contributed by atoms with Crippen LogP contribution in [0.5, 0.6) is 0 Å². The molecule has 0 aliphatic heterocycles. The molecule has 0 aliphatic carbocycles. The first-order chi connectivity index (χ1) is 24.3. The van der Waals surface area contributed by atoms with Crippen molar-refractivity contribution in [3.8, 4) is 47.4 Å². The van der Waals surface area contributed by atoms with Gasteiger partial charge in [0.1, 0.15) is 13.1 Å². The summed E-state index contributed by atoms with van der Waals surface area (Å²) in [6, 6.07) is 20.8. The molecule has 256 valence electrons. The first-order valence-electron chi connectivity index (χ1n) is 17.6. The highest BCUT2D eigenvalue weighted by molar-refractivity contribution is 9.09. The maximum atomic E-state index is 3.40. The highest BCUT2D eigenvalue weighted by Gasteiger charge is 2.03. The molecule has 0 fully saturated rings. The summed E-state index contributed by atoms with van der Waals surface area (Å²) in [6.45, 7) is 10.6. The molecule has 2 aromatic heterocycles. The van der Waals surface area contributed by atoms with Crippen LogP contribution in [0.1, 0.15) is 95.9 Å². The molecule has 50 heavy (non-hydrogen) atoms. The third-order valence-corrected chi connectivity index (χ3v) is 8.47. The van der Waals surface area contributed by atoms with E-state index in [1.807, 2.05) is 24.3 Å². The van der Waals surface area contributed by atoms with Crippen molar-refractivity contribution >= 4 is 31.9 Å². The number of nitrogens with zero attached hydrogens (tertiary/aromatic N) is 2. The second kappa shape index (κ2) is 24.2. The van der Waals surface area contributed by atoms with Crippen molar-refractivity contribution in [3.63, 3.8) is 0 Å². The standard InChI is InChI=1S/C30H34N2.C16H16Br2/c1-25-18-26(2)22-31(21-25)16-9-5-7-12-29-14-11-15-30(20-29)13-8-6-10-17-32-23-27(3)19-28(4)24-32;17-12-5-1-3-8-15-10-7-11-16(14-15)9-4-2-6-13-18/h11,14-15,18-24H,5-6,9-10,16-17H2,1-4H3;7,10-11,14H,1-2,5-6,12-13H2/q+2;. The minimum atomic E-state index is 0.895. The fourth-order valence-electron chi connectivity index (χ4n) is 5.26. The van der Waals surface area contributed by atoms with E-state index in [4.69, 9.17) is 0 Å². The van der Waals surface area contributed by atoms with Crippen molar-refractivity contribution in [2.75, 3.05) is 10.7 Å². The van der Waals surface area contributed by atoms with E-state index in [0.717, 1.165) is 97.4 Å². The first kappa shape index (κ1) is 40.4. The SMILES string of the molecule is BrCCCC#Cc1cccc(C#CCCCBr)c1.Cc1cc(C)c[n+](CCCC#Cc2cccc(C#CCCC[n+]3cc(C)cc(C)c3)c2)c1. The summed E-state index contributed by atoms with van der Waals surface area (Å²) < 4.78 is 4.53. The molecule has 2 nitrogen and oxygen atoms in total. The fourth-order valence-corrected chi connectivity index (χ4v) is 5.83. The summed E-state index contributed by atoms with van der Waals surface area (Å²) in [5, 5.41) is 2.03. The van der Waals surface area contributed by atoms with Gasteiger partial charge in [-0.15, -0.1) is 0 Å². The van der Waals surface area contributed by atoms with E-state index >= 15 is 0 Å². The predicted octanol–water partition coefficient (Wildman–Crippen LogP) is 9.90. The zero-order chi connectivity index (χ0) is 35.8. The molecule has 0 bridgehead atoms. The van der Waals surface area contributed by atoms with E-state index < -0.39 is 0 Å². The normalized spacial score (nSPS) is 9.72. The molecule has 0 saturated heterocycles. The summed E-state index contributed by atoms with van der Waals surface area (Å²) in [5.41, 5.74) is 9.41. The second-order valence-electron chi connectivity index (χ2n) is 12.4. The smallest absolute Gasteiger partial charge is 0.171 e. The van der Waals surface area contributed by atoms with Crippen LogP contribution in [0.4, 0.5) is 0 Å². The van der Waals surface area contributed by atoms with Gasteiger partial charge in [0.15, 0.2) is 24.8 Å². The lowest BCUT2D eigenvalue weighted by Crippen LogP contribution is -2.33. The number of alkyl halides is 2. The Hall–Kier alpha value is -4.06. The number of benzene rings is 2. The largest absolute Gasteiger partial charge is 0.205 e. The Kier molecular flexibility index (Phi) is 19.5. The van der Waals surface area contributed by atoms with E-state index in [0.29, 0.717) is 0 Å². The summed E-state index contributed by atoms with van der Waals surface area (Å²) in [5.74, 6) is 25.9. The number of pyridine rings is 2. The molecule has 0 radical (unpaired) electrons. The summed E-state index contributed by atoms with van der Waals surface area (Å²) in [4.78, 5) is 0. The van der Waals surface area contributed by atoms with E-state index in [-0.39, 0.29) is 0 Å². The lowest BCUT2D eigenvalue weighted by atomic mass is 10.1. The lowest BCUT2D eigenvalue weighted by molar-refractivity contribution is -0.697. The van der Waals surface area contributed by atoms with Crippen LogP contribution in [-0.2, 0) is 13.1 Å². The van der Waals surface area contributed by atoms with E-state index in [1.165, 1.54) is 22.3 Å². The van der Waals surface area contributed by atoms with Gasteiger partial charge in [0, 0.05) is 93.7 Å². The summed E-state index contributed by atoms with van der Waals surface area (Å²) in [6.07, 6.45) is 16.8. The number of halogens is 2. The van der Waals surface area contributed by atoms with Gasteiger partial charge < -0.3 is 0 Å². The average Bonchev–Trinajstić information content (AvgIpc) is 3.08. The molecule has 0 atom stereocenters. The Labute approximate surface area is 319 Å². The maximum Gasteiger partial charge on any atom is 0.171 e. The molecule has 0 amide bonds. The van der Waals surface area contributed by atoms with Gasteiger partial charge in [-0.2, -0.15) is 0 Å². The van der Waals surface area contributed by atoms with Gasteiger partial charge in [0.05, 0.1) is 0 Å². The van der Waals surface area contributed by atoms with Gasteiger partial charge in [0.2, 0.25) is 0 Å². The minimum absolute atomic E-state index is 0.895. The van der Waals surface area contributed by atoms with E-state index in [9.17, 15) is 0 Å². The van der Waals surface area contributed by atoms with Crippen molar-refractivity contribution in [1.82, 2.24) is 0 Å². The summed E-state index contributed by atoms with van der Waals surface area (Å²) >= 11 is 6.80. The Morgan fingerprint density at radius 2 is 0.740 bits per heavy atom. The van der Waals surface area contributed by atoms with Crippen LogP contribution in [0.2, 0.25) is 0 Å². The molecule has 2 heterocycles. The Bertz CT molecular complexity index is 1740. The van der Waals surface area contributed by atoms with Crippen molar-refractivity contribution in [1.29, 1.82) is 0 Å². The van der Waals surface area contributed by atoms with Crippen LogP contribution >= 0.6 is 31.9 Å². The lowest BCUT2D eigenvalue weighted by Gasteiger charge is -1.98. The zero-order valence-corrected chi connectivity index (χ0v) is 33.4. The third kappa shape index (κ3) is 17.6. The molecular formula is C46H50Br2N2+2. The number of aryl methyl sites for hydroxylation is 6. The van der Waals surface area contributed by atoms with Gasteiger partial charge in [-0.1, -0.05) is 91.4 Å². The van der Waals surface area contributed by atoms with Crippen molar-refractivity contribution < 1.29 is 9.13 Å². The van der Waals surface area contributed by atoms with Crippen LogP contribution in [0, 0.1) is 75.1 Å². The Morgan fingerprint density at radius 3 is 1.04 bits per heavy atom. The molecule has 0 saturated carbocycles. The number of rotatable bonds is 10. The highest BCUT2D eigenvalue weighted by Crippen LogP contribution is 2.06. The topological polar surface area (TPSA) is 7.76 Å². The Morgan fingerprint density at radius 1 is 0.440 bits per heavy atom. The van der Waals surface area contributed by atoms with Crippen molar-refractivity contribution in [2.24, 2.45) is 0 Å². The van der Waals surface area contributed by atoms with Crippen LogP contribution in [0.15, 0.2) is 85.5 Å². The highest BCUT2D eigenvalue weighted by atomic mass is 79.9. The molecule has 0 spiro atoms. The van der Waals surface area contributed by atoms with Gasteiger partial charge in [-0.3, -0.25) is 0 Å². The second-order valence-corrected chi connectivity index (χ2v) is 14.0. The molecule has 4 aromatic rings. The van der Waals surface area contributed by atoms with E-state index in [2.05, 4.69) is 177 Å². The first-order valence-corrected chi connectivity index (χ1v) is 19.8. The Balaban J connectivity index is 0.000000319. The molecule has 2 aromatic carbocycles. The molecular weight excluding hydrogens is 740 g/mol. The van der Waals surface area contributed by atoms with Gasteiger partial charge >= 0.3 is 0 Å². The van der Waals surface area contributed by atoms with Gasteiger partial charge in [-0.05, 0) is 89.1 Å². The fraction of sp³-hybridized carbons (Fsp3) is 0.348. The van der Waals surface area contributed by atoms with Gasteiger partial charge in [0.25, 0.3) is 0 Å². The van der Waals surface area contributed by atoms with Crippen LogP contribution in [0.3, 0.4) is 0 Å². The molecule has 4 heteroatoms. The van der Waals surface area contributed by atoms with Crippen molar-refractivity contribution in [3.05, 3.63) is 130 Å². The average molecular weight is 791 g/mol. The number of aromatic nitrogens is 2. The number of hydrogen-bond donors (Lipinski definition) is 0. The quantitative estimate of drug-likeness (QED) is 0.0655. The zero-order valence-electron chi connectivity index (χ0n) is 30.2. The van der Waals surface area contributed by atoms with Crippen LogP contribution in [0.25, 0.3) is 0 Å². The monoisotopic (exact) mass is 788 g/mol. The van der Waals surface area contributed by atoms with E-state index in [1.54, 1.807) is 0 Å². The maximum absolute atomic E-state index is 3.40. The van der Waals surface area contributed by atoms with Crippen molar-refractivity contribution in [2.45, 2.75) is 92.2 Å². The van der Waals surface area contributed by atoms with Crippen LogP contribution < -0.4 is 9.13 Å². The molecule has 4 rings (SSSR count). The predicted molar refractivity (Wildman–Crippen MR) is 217 cm³/mol. The number of hydrogen-bond acceptors (Lipinski definition) is 0. The third-order valence-electron chi connectivity index (χ3n) is 7.35. The molecule has 0 aliphatic rings. The van der Waals surface area contributed by atoms with Gasteiger partial charge in [-0.25, -0.2) is 9.13 Å². The molecule has 0 N–H and O–H groups in total. The summed E-state index contributed by atoms with van der Waals surface area (Å²) in [7, 11) is 0. The minimum Gasteiger partial charge on any atom is -0.205 e. The molecule has 0 unspecified atom stereocenters. The number of unbranched alkanes of at least 4 members (excludes halogenated alkanes) is 4. The van der Waals surface area contributed by atoms with Crippen LogP contribution in [-0.4, -0.2) is 10.7 Å².